The van der Waals surface area contributed by atoms with Crippen molar-refractivity contribution in [3.8, 4) is 5.75 Å². The third-order valence-electron chi connectivity index (χ3n) is 2.42. The largest absolute Gasteiger partial charge is 0.497 e. The predicted molar refractivity (Wildman–Crippen MR) is 72.4 cm³/mol. The quantitative estimate of drug-likeness (QED) is 0.770. The number of nitrogens with one attached hydrogen (secondary N) is 2. The average Bonchev–Trinajstić information content (AvgIpc) is 2.42. The SMILES string of the molecule is COc1cccc(C(=O)NCCNC(=O)N(C)C)c1. The van der Waals surface area contributed by atoms with Gasteiger partial charge in [0.05, 0.1) is 7.11 Å². The van der Waals surface area contributed by atoms with Crippen molar-refractivity contribution in [2.75, 3.05) is 34.3 Å². The lowest BCUT2D eigenvalue weighted by atomic mass is 10.2. The highest BCUT2D eigenvalue weighted by atomic mass is 16.5. The van der Waals surface area contributed by atoms with Crippen LogP contribution in [0.4, 0.5) is 4.79 Å². The van der Waals surface area contributed by atoms with Gasteiger partial charge in [0.2, 0.25) is 0 Å². The lowest BCUT2D eigenvalue weighted by Crippen LogP contribution is -2.39. The van der Waals surface area contributed by atoms with Crippen molar-refractivity contribution in [3.05, 3.63) is 29.8 Å². The molecule has 0 bridgehead atoms. The topological polar surface area (TPSA) is 70.7 Å². The fourth-order valence-corrected chi connectivity index (χ4v) is 1.37. The Kier molecular flexibility index (Phi) is 5.66. The molecule has 0 aliphatic heterocycles. The minimum Gasteiger partial charge on any atom is -0.497 e. The van der Waals surface area contributed by atoms with E-state index in [-0.39, 0.29) is 11.9 Å². The van der Waals surface area contributed by atoms with Gasteiger partial charge in [0.25, 0.3) is 5.91 Å². The molecule has 19 heavy (non-hydrogen) atoms. The first-order valence-corrected chi connectivity index (χ1v) is 5.92. The number of hydrogen-bond donors (Lipinski definition) is 2. The molecular formula is C13H19N3O3. The summed E-state index contributed by atoms with van der Waals surface area (Å²) in [5, 5.41) is 5.38. The van der Waals surface area contributed by atoms with Crippen molar-refractivity contribution in [2.45, 2.75) is 0 Å². The first-order chi connectivity index (χ1) is 9.04. The fraction of sp³-hybridized carbons (Fsp3) is 0.385. The molecule has 0 aliphatic carbocycles. The van der Waals surface area contributed by atoms with Crippen molar-refractivity contribution < 1.29 is 14.3 Å². The van der Waals surface area contributed by atoms with E-state index in [4.69, 9.17) is 4.74 Å². The zero-order chi connectivity index (χ0) is 14.3. The maximum absolute atomic E-state index is 11.8. The Morgan fingerprint density at radius 1 is 1.21 bits per heavy atom. The van der Waals surface area contributed by atoms with Gasteiger partial charge in [0, 0.05) is 32.7 Å². The van der Waals surface area contributed by atoms with Gasteiger partial charge in [0.15, 0.2) is 0 Å². The molecule has 1 aromatic rings. The molecule has 0 aromatic heterocycles. The summed E-state index contributed by atoms with van der Waals surface area (Å²) in [6.07, 6.45) is 0. The molecule has 3 amide bonds. The van der Waals surface area contributed by atoms with Crippen LogP contribution in [0, 0.1) is 0 Å². The van der Waals surface area contributed by atoms with Gasteiger partial charge in [-0.15, -0.1) is 0 Å². The number of amides is 3. The third-order valence-corrected chi connectivity index (χ3v) is 2.42. The van der Waals surface area contributed by atoms with Crippen LogP contribution in [0.25, 0.3) is 0 Å². The second-order valence-electron chi connectivity index (χ2n) is 4.11. The minimum absolute atomic E-state index is 0.185. The Labute approximate surface area is 112 Å². The molecule has 6 heteroatoms. The van der Waals surface area contributed by atoms with Crippen molar-refractivity contribution in [1.29, 1.82) is 0 Å². The van der Waals surface area contributed by atoms with E-state index in [2.05, 4.69) is 10.6 Å². The summed E-state index contributed by atoms with van der Waals surface area (Å²) in [5.74, 6) is 0.437. The summed E-state index contributed by atoms with van der Waals surface area (Å²) < 4.78 is 5.05. The second kappa shape index (κ2) is 7.25. The number of urea groups is 1. The molecule has 1 aromatic carbocycles. The molecule has 0 unspecified atom stereocenters. The van der Waals surface area contributed by atoms with Crippen LogP contribution in [-0.4, -0.2) is 51.1 Å². The van der Waals surface area contributed by atoms with E-state index in [1.807, 2.05) is 0 Å². The molecule has 0 saturated carbocycles. The third kappa shape index (κ3) is 4.87. The summed E-state index contributed by atoms with van der Waals surface area (Å²) >= 11 is 0. The molecule has 6 nitrogen and oxygen atoms in total. The van der Waals surface area contributed by atoms with E-state index in [0.717, 1.165) is 0 Å². The highest BCUT2D eigenvalue weighted by Crippen LogP contribution is 2.11. The van der Waals surface area contributed by atoms with E-state index < -0.39 is 0 Å². The summed E-state index contributed by atoms with van der Waals surface area (Å²) in [6, 6.07) is 6.70. The average molecular weight is 265 g/mol. The van der Waals surface area contributed by atoms with Crippen LogP contribution >= 0.6 is 0 Å². The number of rotatable bonds is 5. The Hall–Kier alpha value is -2.24. The number of methoxy groups -OCH3 is 1. The summed E-state index contributed by atoms with van der Waals surface area (Å²) in [4.78, 5) is 24.5. The Morgan fingerprint density at radius 2 is 1.89 bits per heavy atom. The maximum Gasteiger partial charge on any atom is 0.316 e. The minimum atomic E-state index is -0.196. The number of carbonyl (C=O) groups excluding carboxylic acids is 2. The van der Waals surface area contributed by atoms with Gasteiger partial charge < -0.3 is 20.3 Å². The van der Waals surface area contributed by atoms with Gasteiger partial charge in [-0.2, -0.15) is 0 Å². The molecule has 0 spiro atoms. The number of carbonyl (C=O) groups is 2. The van der Waals surface area contributed by atoms with Gasteiger partial charge >= 0.3 is 6.03 Å². The lowest BCUT2D eigenvalue weighted by molar-refractivity contribution is 0.0953. The Bertz CT molecular complexity index is 447. The van der Waals surface area contributed by atoms with Crippen molar-refractivity contribution >= 4 is 11.9 Å². The van der Waals surface area contributed by atoms with Crippen LogP contribution in [0.15, 0.2) is 24.3 Å². The normalized spacial score (nSPS) is 9.63. The molecule has 0 heterocycles. The van der Waals surface area contributed by atoms with Crippen molar-refractivity contribution in [3.63, 3.8) is 0 Å². The predicted octanol–water partition coefficient (Wildman–Crippen LogP) is 0.696. The van der Waals surface area contributed by atoms with Crippen LogP contribution in [-0.2, 0) is 0 Å². The van der Waals surface area contributed by atoms with Gasteiger partial charge in [-0.05, 0) is 18.2 Å². The van der Waals surface area contributed by atoms with Gasteiger partial charge in [-0.1, -0.05) is 6.07 Å². The van der Waals surface area contributed by atoms with Crippen LogP contribution < -0.4 is 15.4 Å². The van der Waals surface area contributed by atoms with Gasteiger partial charge in [0.1, 0.15) is 5.75 Å². The van der Waals surface area contributed by atoms with E-state index in [0.29, 0.717) is 24.4 Å². The van der Waals surface area contributed by atoms with Crippen molar-refractivity contribution in [1.82, 2.24) is 15.5 Å². The van der Waals surface area contributed by atoms with Crippen LogP contribution in [0.3, 0.4) is 0 Å². The van der Waals surface area contributed by atoms with E-state index in [1.54, 1.807) is 45.5 Å². The molecule has 0 atom stereocenters. The molecule has 2 N–H and O–H groups in total. The van der Waals surface area contributed by atoms with E-state index in [1.165, 1.54) is 4.90 Å². The Morgan fingerprint density at radius 3 is 2.53 bits per heavy atom. The first kappa shape index (κ1) is 14.8. The van der Waals surface area contributed by atoms with Gasteiger partial charge in [-0.25, -0.2) is 4.79 Å². The van der Waals surface area contributed by atoms with Crippen LogP contribution in [0.2, 0.25) is 0 Å². The maximum atomic E-state index is 11.8. The van der Waals surface area contributed by atoms with Crippen molar-refractivity contribution in [2.24, 2.45) is 0 Å². The first-order valence-electron chi connectivity index (χ1n) is 5.92. The highest BCUT2D eigenvalue weighted by Gasteiger charge is 2.06. The molecule has 1 rings (SSSR count). The summed E-state index contributed by atoms with van der Waals surface area (Å²) in [6.45, 7) is 0.752. The smallest absolute Gasteiger partial charge is 0.316 e. The molecular weight excluding hydrogens is 246 g/mol. The number of hydrogen-bond acceptors (Lipinski definition) is 3. The van der Waals surface area contributed by atoms with Gasteiger partial charge in [-0.3, -0.25) is 4.79 Å². The molecule has 0 fully saturated rings. The highest BCUT2D eigenvalue weighted by molar-refractivity contribution is 5.94. The summed E-state index contributed by atoms with van der Waals surface area (Å²) in [7, 11) is 4.86. The molecule has 104 valence electrons. The molecule has 0 saturated heterocycles. The molecule has 0 aliphatic rings. The summed E-state index contributed by atoms with van der Waals surface area (Å²) in [5.41, 5.74) is 0.526. The zero-order valence-corrected chi connectivity index (χ0v) is 11.4. The second-order valence-corrected chi connectivity index (χ2v) is 4.11. The lowest BCUT2D eigenvalue weighted by Gasteiger charge is -2.12. The van der Waals surface area contributed by atoms with E-state index >= 15 is 0 Å². The number of benzene rings is 1. The van der Waals surface area contributed by atoms with Crippen LogP contribution in [0.1, 0.15) is 10.4 Å². The zero-order valence-electron chi connectivity index (χ0n) is 11.4. The molecule has 0 radical (unpaired) electrons. The van der Waals surface area contributed by atoms with Crippen LogP contribution in [0.5, 0.6) is 5.75 Å². The number of nitrogens with zero attached hydrogens (tertiary/aromatic N) is 1. The monoisotopic (exact) mass is 265 g/mol. The Balaban J connectivity index is 2.37. The standard InChI is InChI=1S/C13H19N3O3/c1-16(2)13(18)15-8-7-14-12(17)10-5-4-6-11(9-10)19-3/h4-6,9H,7-8H2,1-3H3,(H,14,17)(H,15,18). The van der Waals surface area contributed by atoms with E-state index in [9.17, 15) is 9.59 Å². The fourth-order valence-electron chi connectivity index (χ4n) is 1.37. The number of ether oxygens (including phenoxy) is 1.